The van der Waals surface area contributed by atoms with Gasteiger partial charge in [-0.3, -0.25) is 19.8 Å². The minimum absolute atomic E-state index is 0.0747. The van der Waals surface area contributed by atoms with Crippen molar-refractivity contribution in [2.75, 3.05) is 42.9 Å². The Balaban J connectivity index is 1.32. The molecule has 170 valence electrons. The van der Waals surface area contributed by atoms with Gasteiger partial charge in [0.05, 0.1) is 17.2 Å². The molecule has 0 saturated carbocycles. The number of carbonyl (C=O) groups excluding carboxylic acids is 1. The van der Waals surface area contributed by atoms with Gasteiger partial charge in [-0.25, -0.2) is 0 Å². The molecule has 3 aromatic rings. The number of nitro benzene ring substituents is 1. The number of piperazine rings is 1. The maximum Gasteiger partial charge on any atom is 0.269 e. The highest BCUT2D eigenvalue weighted by Crippen LogP contribution is 2.32. The molecule has 1 N–H and O–H groups in total. The Morgan fingerprint density at radius 3 is 2.36 bits per heavy atom. The second kappa shape index (κ2) is 10.3. The van der Waals surface area contributed by atoms with Crippen molar-refractivity contribution in [1.82, 2.24) is 4.90 Å². The van der Waals surface area contributed by atoms with Gasteiger partial charge in [0, 0.05) is 49.0 Å². The molecule has 0 aromatic heterocycles. The predicted octanol–water partition coefficient (Wildman–Crippen LogP) is 4.80. The summed E-state index contributed by atoms with van der Waals surface area (Å²) in [5.74, 6) is 1.03. The molecule has 9 heteroatoms. The average molecular weight is 467 g/mol. The fraction of sp³-hybridized carbons (Fsp3) is 0.208. The van der Waals surface area contributed by atoms with Gasteiger partial charge in [-0.1, -0.05) is 29.8 Å². The van der Waals surface area contributed by atoms with Crippen LogP contribution in [0.4, 0.5) is 17.1 Å². The lowest BCUT2D eigenvalue weighted by atomic mass is 10.2. The Hall–Kier alpha value is -3.62. The number of ether oxygens (including phenoxy) is 1. The zero-order valence-corrected chi connectivity index (χ0v) is 18.6. The standard InChI is InChI=1S/C24H23ClN4O4/c25-18-6-11-23(33-21-4-2-1-3-5-21)22(16-18)26-24(30)17-27-12-14-28(15-13-27)19-7-9-20(10-8-19)29(31)32/h1-11,16H,12-15,17H2,(H,26,30). The van der Waals surface area contributed by atoms with E-state index in [1.54, 1.807) is 30.3 Å². The monoisotopic (exact) mass is 466 g/mol. The number of amides is 1. The molecule has 1 aliphatic rings. The summed E-state index contributed by atoms with van der Waals surface area (Å²) in [7, 11) is 0. The maximum absolute atomic E-state index is 12.7. The van der Waals surface area contributed by atoms with Gasteiger partial charge < -0.3 is 15.0 Å². The van der Waals surface area contributed by atoms with Crippen LogP contribution < -0.4 is 15.0 Å². The first kappa shape index (κ1) is 22.6. The van der Waals surface area contributed by atoms with Crippen LogP contribution in [-0.2, 0) is 4.79 Å². The van der Waals surface area contributed by atoms with Crippen LogP contribution in [0.5, 0.6) is 11.5 Å². The lowest BCUT2D eigenvalue weighted by Gasteiger charge is -2.35. The molecular formula is C24H23ClN4O4. The van der Waals surface area contributed by atoms with Crippen molar-refractivity contribution in [3.8, 4) is 11.5 Å². The minimum Gasteiger partial charge on any atom is -0.455 e. The number of carbonyl (C=O) groups is 1. The highest BCUT2D eigenvalue weighted by Gasteiger charge is 2.20. The number of nitrogens with zero attached hydrogens (tertiary/aromatic N) is 3. The SMILES string of the molecule is O=C(CN1CCN(c2ccc([N+](=O)[O-])cc2)CC1)Nc1cc(Cl)ccc1Oc1ccccc1. The van der Waals surface area contributed by atoms with Crippen molar-refractivity contribution in [2.45, 2.75) is 0 Å². The minimum atomic E-state index is -0.406. The predicted molar refractivity (Wildman–Crippen MR) is 128 cm³/mol. The summed E-state index contributed by atoms with van der Waals surface area (Å²) in [5, 5.41) is 14.2. The highest BCUT2D eigenvalue weighted by molar-refractivity contribution is 6.31. The summed E-state index contributed by atoms with van der Waals surface area (Å²) in [6.07, 6.45) is 0. The van der Waals surface area contributed by atoms with E-state index in [2.05, 4.69) is 15.1 Å². The van der Waals surface area contributed by atoms with E-state index in [9.17, 15) is 14.9 Å². The number of non-ortho nitro benzene ring substituents is 1. The van der Waals surface area contributed by atoms with Crippen LogP contribution in [0.2, 0.25) is 5.02 Å². The fourth-order valence-corrected chi connectivity index (χ4v) is 3.82. The molecule has 0 unspecified atom stereocenters. The van der Waals surface area contributed by atoms with Gasteiger partial charge >= 0.3 is 0 Å². The number of benzene rings is 3. The Kier molecular flexibility index (Phi) is 7.07. The molecule has 0 atom stereocenters. The number of nitrogens with one attached hydrogen (secondary N) is 1. The molecule has 8 nitrogen and oxygen atoms in total. The lowest BCUT2D eigenvalue weighted by molar-refractivity contribution is -0.384. The summed E-state index contributed by atoms with van der Waals surface area (Å²) >= 11 is 6.14. The summed E-state index contributed by atoms with van der Waals surface area (Å²) in [4.78, 5) is 27.4. The number of halogens is 1. The van der Waals surface area contributed by atoms with Gasteiger partial charge in [-0.05, 0) is 42.5 Å². The van der Waals surface area contributed by atoms with E-state index in [1.807, 2.05) is 30.3 Å². The molecule has 1 aliphatic heterocycles. The number of hydrogen-bond donors (Lipinski definition) is 1. The first-order valence-electron chi connectivity index (χ1n) is 10.5. The third kappa shape index (κ3) is 6.00. The molecule has 4 rings (SSSR count). The van der Waals surface area contributed by atoms with Gasteiger partial charge in [-0.2, -0.15) is 0 Å². The second-order valence-corrected chi connectivity index (χ2v) is 8.08. The number of rotatable bonds is 7. The van der Waals surface area contributed by atoms with Gasteiger partial charge in [0.15, 0.2) is 5.75 Å². The number of para-hydroxylation sites is 1. The normalized spacial score (nSPS) is 14.0. The first-order chi connectivity index (χ1) is 16.0. The zero-order chi connectivity index (χ0) is 23.2. The van der Waals surface area contributed by atoms with Gasteiger partial charge in [0.25, 0.3) is 5.69 Å². The van der Waals surface area contributed by atoms with Crippen LogP contribution in [0.25, 0.3) is 0 Å². The quantitative estimate of drug-likeness (QED) is 0.397. The summed E-state index contributed by atoms with van der Waals surface area (Å²) in [5.41, 5.74) is 1.53. The molecule has 0 spiro atoms. The molecule has 3 aromatic carbocycles. The van der Waals surface area contributed by atoms with E-state index in [-0.39, 0.29) is 18.1 Å². The van der Waals surface area contributed by atoms with E-state index >= 15 is 0 Å². The van der Waals surface area contributed by atoms with Gasteiger partial charge in [-0.15, -0.1) is 0 Å². The summed E-state index contributed by atoms with van der Waals surface area (Å²) < 4.78 is 5.91. The largest absolute Gasteiger partial charge is 0.455 e. The van der Waals surface area contributed by atoms with E-state index in [0.29, 0.717) is 35.3 Å². The van der Waals surface area contributed by atoms with E-state index in [4.69, 9.17) is 16.3 Å². The Morgan fingerprint density at radius 1 is 1.00 bits per heavy atom. The highest BCUT2D eigenvalue weighted by atomic mass is 35.5. The molecular weight excluding hydrogens is 444 g/mol. The molecule has 0 aliphatic carbocycles. The van der Waals surface area contributed by atoms with Crippen LogP contribution in [0.3, 0.4) is 0 Å². The van der Waals surface area contributed by atoms with Crippen molar-refractivity contribution >= 4 is 34.6 Å². The Morgan fingerprint density at radius 2 is 1.70 bits per heavy atom. The van der Waals surface area contributed by atoms with Crippen molar-refractivity contribution in [2.24, 2.45) is 0 Å². The molecule has 1 saturated heterocycles. The maximum atomic E-state index is 12.7. The van der Waals surface area contributed by atoms with Crippen molar-refractivity contribution < 1.29 is 14.5 Å². The molecule has 0 radical (unpaired) electrons. The topological polar surface area (TPSA) is 88.0 Å². The lowest BCUT2D eigenvalue weighted by Crippen LogP contribution is -2.48. The van der Waals surface area contributed by atoms with Crippen LogP contribution in [0.15, 0.2) is 72.8 Å². The average Bonchev–Trinajstić information content (AvgIpc) is 2.82. The number of anilines is 2. The first-order valence-corrected chi connectivity index (χ1v) is 10.9. The Bertz CT molecular complexity index is 1120. The summed E-state index contributed by atoms with van der Waals surface area (Å²) in [6, 6.07) is 21.0. The molecule has 1 fully saturated rings. The van der Waals surface area contributed by atoms with Crippen LogP contribution in [0.1, 0.15) is 0 Å². The van der Waals surface area contributed by atoms with Crippen molar-refractivity contribution in [3.63, 3.8) is 0 Å². The number of nitro groups is 1. The van der Waals surface area contributed by atoms with E-state index in [1.165, 1.54) is 12.1 Å². The summed E-state index contributed by atoms with van der Waals surface area (Å²) in [6.45, 7) is 3.10. The molecule has 33 heavy (non-hydrogen) atoms. The van der Waals surface area contributed by atoms with E-state index < -0.39 is 4.92 Å². The fourth-order valence-electron chi connectivity index (χ4n) is 3.65. The van der Waals surface area contributed by atoms with Crippen LogP contribution in [0, 0.1) is 10.1 Å². The van der Waals surface area contributed by atoms with Crippen LogP contribution >= 0.6 is 11.6 Å². The van der Waals surface area contributed by atoms with Crippen LogP contribution in [-0.4, -0.2) is 48.5 Å². The zero-order valence-electron chi connectivity index (χ0n) is 17.8. The molecule has 1 heterocycles. The molecule has 1 amide bonds. The number of hydrogen-bond acceptors (Lipinski definition) is 6. The van der Waals surface area contributed by atoms with Crippen molar-refractivity contribution in [1.29, 1.82) is 0 Å². The van der Waals surface area contributed by atoms with Crippen molar-refractivity contribution in [3.05, 3.63) is 87.9 Å². The van der Waals surface area contributed by atoms with E-state index in [0.717, 1.165) is 18.8 Å². The molecule has 0 bridgehead atoms. The van der Waals surface area contributed by atoms with Gasteiger partial charge in [0.2, 0.25) is 5.91 Å². The Labute approximate surface area is 196 Å². The third-order valence-corrected chi connectivity index (χ3v) is 5.59. The van der Waals surface area contributed by atoms with Gasteiger partial charge in [0.1, 0.15) is 5.75 Å². The second-order valence-electron chi connectivity index (χ2n) is 7.64. The third-order valence-electron chi connectivity index (χ3n) is 5.35. The smallest absolute Gasteiger partial charge is 0.269 e.